The number of rotatable bonds is 13. The molecular weight excluding hydrogens is 429 g/mol. The second-order valence-corrected chi connectivity index (χ2v) is 10.1. The predicted molar refractivity (Wildman–Crippen MR) is 158 cm³/mol. The minimum atomic E-state index is -1.17. The lowest BCUT2D eigenvalue weighted by Gasteiger charge is -2.28. The highest BCUT2D eigenvalue weighted by molar-refractivity contribution is 5.53. The van der Waals surface area contributed by atoms with Crippen LogP contribution in [0.5, 0.6) is 0 Å². The highest BCUT2D eigenvalue weighted by atomic mass is 19.1. The van der Waals surface area contributed by atoms with Gasteiger partial charge in [-0.25, -0.2) is 4.39 Å². The van der Waals surface area contributed by atoms with E-state index in [1.165, 1.54) is 16.7 Å². The molecule has 1 aromatic rings. The molecule has 4 unspecified atom stereocenters. The minimum absolute atomic E-state index is 0.00195. The van der Waals surface area contributed by atoms with Crippen LogP contribution in [0.2, 0.25) is 0 Å². The van der Waals surface area contributed by atoms with E-state index in [1.807, 2.05) is 46.8 Å². The van der Waals surface area contributed by atoms with Gasteiger partial charge in [-0.3, -0.25) is 0 Å². The molecule has 1 nitrogen and oxygen atoms in total. The summed E-state index contributed by atoms with van der Waals surface area (Å²) in [5.41, 5.74) is 5.65. The summed E-state index contributed by atoms with van der Waals surface area (Å²) in [6, 6.07) is 6.62. The van der Waals surface area contributed by atoms with Crippen molar-refractivity contribution in [2.24, 2.45) is 11.8 Å². The van der Waals surface area contributed by atoms with Gasteiger partial charge < -0.3 is 5.32 Å². The third-order valence-electron chi connectivity index (χ3n) is 6.92. The van der Waals surface area contributed by atoms with Crippen LogP contribution in [0.3, 0.4) is 0 Å². The highest BCUT2D eigenvalue weighted by Crippen LogP contribution is 2.32. The smallest absolute Gasteiger partial charge is 0.111 e. The molecule has 1 rings (SSSR count). The van der Waals surface area contributed by atoms with Gasteiger partial charge in [0, 0.05) is 11.7 Å². The molecule has 0 spiro atoms. The van der Waals surface area contributed by atoms with Gasteiger partial charge in [-0.1, -0.05) is 104 Å². The summed E-state index contributed by atoms with van der Waals surface area (Å²) in [5.74, 6) is 0.496. The van der Waals surface area contributed by atoms with E-state index in [-0.39, 0.29) is 17.9 Å². The molecule has 0 aliphatic rings. The van der Waals surface area contributed by atoms with Gasteiger partial charge in [0.25, 0.3) is 0 Å². The zero-order valence-corrected chi connectivity index (χ0v) is 24.3. The Bertz CT molecular complexity index is 884. The number of nitrogens with one attached hydrogen (secondary N) is 1. The van der Waals surface area contributed by atoms with Crippen LogP contribution in [0.1, 0.15) is 97.8 Å². The van der Waals surface area contributed by atoms with Crippen molar-refractivity contribution in [3.05, 3.63) is 89.7 Å². The first-order chi connectivity index (χ1) is 16.3. The maximum absolute atomic E-state index is 14.8. The van der Waals surface area contributed by atoms with Gasteiger partial charge in [0.1, 0.15) is 5.67 Å². The van der Waals surface area contributed by atoms with Crippen molar-refractivity contribution in [2.45, 2.75) is 99.7 Å². The molecule has 196 valence electrons. The van der Waals surface area contributed by atoms with E-state index in [0.717, 1.165) is 23.3 Å². The van der Waals surface area contributed by atoms with E-state index in [1.54, 1.807) is 6.92 Å². The first-order valence-corrected chi connectivity index (χ1v) is 13.2. The number of hydrogen-bond acceptors (Lipinski definition) is 1. The van der Waals surface area contributed by atoms with Crippen LogP contribution in [-0.4, -0.2) is 11.7 Å². The van der Waals surface area contributed by atoms with Gasteiger partial charge >= 0.3 is 0 Å². The number of halogens is 1. The maximum atomic E-state index is 14.8. The SMILES string of the molecule is C=Cc1cc(C(C)CC(=C)NC(C)C(=C)/C=C\C(=C/C)C(C)CC(C)(F)C(C)C)ccc1C.CC. The van der Waals surface area contributed by atoms with Crippen molar-refractivity contribution in [1.82, 2.24) is 5.32 Å². The molecule has 1 aromatic carbocycles. The predicted octanol–water partition coefficient (Wildman–Crippen LogP) is 10.1. The van der Waals surface area contributed by atoms with Crippen LogP contribution in [-0.2, 0) is 0 Å². The Morgan fingerprint density at radius 1 is 1.09 bits per heavy atom. The summed E-state index contributed by atoms with van der Waals surface area (Å²) in [7, 11) is 0. The molecule has 35 heavy (non-hydrogen) atoms. The van der Waals surface area contributed by atoms with Crippen LogP contribution in [0.25, 0.3) is 6.08 Å². The van der Waals surface area contributed by atoms with Crippen molar-refractivity contribution in [3.8, 4) is 0 Å². The zero-order valence-electron chi connectivity index (χ0n) is 24.3. The Morgan fingerprint density at radius 2 is 1.69 bits per heavy atom. The largest absolute Gasteiger partial charge is 0.382 e. The fourth-order valence-electron chi connectivity index (χ4n) is 3.98. The molecule has 0 aliphatic carbocycles. The molecule has 0 fully saturated rings. The van der Waals surface area contributed by atoms with Gasteiger partial charge in [-0.05, 0) is 86.1 Å². The number of benzene rings is 1. The van der Waals surface area contributed by atoms with Crippen molar-refractivity contribution >= 4 is 6.08 Å². The van der Waals surface area contributed by atoms with Gasteiger partial charge in [0.05, 0.1) is 0 Å². The van der Waals surface area contributed by atoms with Crippen LogP contribution in [0.4, 0.5) is 4.39 Å². The number of allylic oxidation sites excluding steroid dienone is 4. The third kappa shape index (κ3) is 10.8. The number of alkyl halides is 1. The lowest BCUT2D eigenvalue weighted by Crippen LogP contribution is -2.28. The number of aryl methyl sites for hydroxylation is 1. The Labute approximate surface area is 217 Å². The van der Waals surface area contributed by atoms with Crippen molar-refractivity contribution in [2.75, 3.05) is 0 Å². The van der Waals surface area contributed by atoms with Crippen LogP contribution < -0.4 is 5.32 Å². The molecule has 0 bridgehead atoms. The zero-order chi connectivity index (χ0) is 27.3. The molecule has 4 atom stereocenters. The molecule has 0 saturated heterocycles. The van der Waals surface area contributed by atoms with Crippen molar-refractivity contribution in [1.29, 1.82) is 0 Å². The standard InChI is InChI=1S/C31H46FN.C2H6/c1-12-28(25(8)20-31(11,32)21(3)4)16-14-22(5)27(10)33-26(9)18-24(7)30-17-15-23(6)29(13-2)19-30;1-2/h12-17,19,21,24-25,27,33H,2,5,9,18,20H2,1,3-4,6-8,10-11H3;1-2H3/b16-14-,28-12+;. The van der Waals surface area contributed by atoms with Gasteiger partial charge in [0.2, 0.25) is 0 Å². The lowest BCUT2D eigenvalue weighted by atomic mass is 9.82. The molecule has 1 N–H and O–H groups in total. The Kier molecular flexibility index (Phi) is 14.6. The summed E-state index contributed by atoms with van der Waals surface area (Å²) in [5, 5.41) is 3.50. The maximum Gasteiger partial charge on any atom is 0.111 e. The van der Waals surface area contributed by atoms with Crippen LogP contribution in [0.15, 0.2) is 73.0 Å². The Balaban J connectivity index is 0.00000562. The summed E-state index contributed by atoms with van der Waals surface area (Å²) in [6.45, 7) is 32.5. The molecule has 0 saturated carbocycles. The molecule has 0 radical (unpaired) electrons. The van der Waals surface area contributed by atoms with Gasteiger partial charge in [-0.15, -0.1) is 0 Å². The van der Waals surface area contributed by atoms with E-state index >= 15 is 0 Å². The average molecular weight is 482 g/mol. The fraction of sp³-hybridized carbons (Fsp3) is 0.515. The van der Waals surface area contributed by atoms with E-state index < -0.39 is 5.67 Å². The molecule has 0 heterocycles. The monoisotopic (exact) mass is 481 g/mol. The molecule has 0 amide bonds. The summed E-state index contributed by atoms with van der Waals surface area (Å²) in [4.78, 5) is 0. The minimum Gasteiger partial charge on any atom is -0.382 e. The second-order valence-electron chi connectivity index (χ2n) is 10.1. The van der Waals surface area contributed by atoms with Gasteiger partial charge in [-0.2, -0.15) is 0 Å². The quantitative estimate of drug-likeness (QED) is 0.276. The molecule has 0 aromatic heterocycles. The third-order valence-corrected chi connectivity index (χ3v) is 6.92. The Morgan fingerprint density at radius 3 is 2.20 bits per heavy atom. The normalized spacial score (nSPS) is 16.1. The van der Waals surface area contributed by atoms with E-state index in [0.29, 0.717) is 12.3 Å². The van der Waals surface area contributed by atoms with E-state index in [2.05, 4.69) is 83.1 Å². The summed E-state index contributed by atoms with van der Waals surface area (Å²) < 4.78 is 14.8. The fourth-order valence-corrected chi connectivity index (χ4v) is 3.98. The van der Waals surface area contributed by atoms with Gasteiger partial charge in [0.15, 0.2) is 0 Å². The first-order valence-electron chi connectivity index (χ1n) is 13.2. The van der Waals surface area contributed by atoms with Crippen LogP contribution >= 0.6 is 0 Å². The summed E-state index contributed by atoms with van der Waals surface area (Å²) in [6.07, 6.45) is 9.46. The molecule has 0 aliphatic heterocycles. The molecule has 2 heteroatoms. The number of hydrogen-bond donors (Lipinski definition) is 1. The molecular formula is C33H52FN. The van der Waals surface area contributed by atoms with E-state index in [4.69, 9.17) is 0 Å². The van der Waals surface area contributed by atoms with Crippen molar-refractivity contribution < 1.29 is 4.39 Å². The Hall–Kier alpha value is -2.35. The summed E-state index contributed by atoms with van der Waals surface area (Å²) >= 11 is 0. The highest BCUT2D eigenvalue weighted by Gasteiger charge is 2.30. The van der Waals surface area contributed by atoms with Crippen LogP contribution in [0, 0.1) is 18.8 Å². The lowest BCUT2D eigenvalue weighted by molar-refractivity contribution is 0.0986. The van der Waals surface area contributed by atoms with Crippen molar-refractivity contribution in [3.63, 3.8) is 0 Å². The topological polar surface area (TPSA) is 12.0 Å². The van der Waals surface area contributed by atoms with E-state index in [9.17, 15) is 4.39 Å². The first kappa shape index (κ1) is 32.7. The second kappa shape index (κ2) is 15.6. The average Bonchev–Trinajstić information content (AvgIpc) is 2.80.